The Labute approximate surface area is 275 Å². The number of halogens is 3. The number of nitrogens with one attached hydrogen (secondary N) is 1. The first-order valence-corrected chi connectivity index (χ1v) is 16.8. The van der Waals surface area contributed by atoms with Gasteiger partial charge in [-0.3, -0.25) is 9.30 Å². The summed E-state index contributed by atoms with van der Waals surface area (Å²) < 4.78 is 51.0. The van der Waals surface area contributed by atoms with E-state index in [9.17, 15) is 13.9 Å². The molecule has 0 unspecified atom stereocenters. The van der Waals surface area contributed by atoms with Crippen LogP contribution in [-0.4, -0.2) is 79.8 Å². The van der Waals surface area contributed by atoms with E-state index >= 15 is 4.39 Å². The summed E-state index contributed by atoms with van der Waals surface area (Å²) in [6, 6.07) is 9.25. The van der Waals surface area contributed by atoms with Gasteiger partial charge in [0.2, 0.25) is 0 Å². The maximum absolute atomic E-state index is 15.2. The highest BCUT2D eigenvalue weighted by molar-refractivity contribution is 6.05. The van der Waals surface area contributed by atoms with Gasteiger partial charge in [-0.05, 0) is 91.2 Å². The van der Waals surface area contributed by atoms with Crippen molar-refractivity contribution in [1.29, 1.82) is 0 Å². The molecule has 2 bridgehead atoms. The van der Waals surface area contributed by atoms with Crippen molar-refractivity contribution in [1.82, 2.24) is 29.6 Å². The van der Waals surface area contributed by atoms with E-state index in [0.29, 0.717) is 46.4 Å². The van der Waals surface area contributed by atoms with Crippen molar-refractivity contribution in [3.8, 4) is 22.9 Å². The molecule has 0 amide bonds. The Morgan fingerprint density at radius 2 is 1.94 bits per heavy atom. The summed E-state index contributed by atoms with van der Waals surface area (Å²) in [5, 5.41) is 16.0. The van der Waals surface area contributed by atoms with Gasteiger partial charge in [0.1, 0.15) is 29.3 Å². The van der Waals surface area contributed by atoms with E-state index in [1.807, 2.05) is 23.6 Å². The Morgan fingerprint density at radius 1 is 1.10 bits per heavy atom. The number of hydrogen-bond acceptors (Lipinski definition) is 8. The molecule has 4 aliphatic heterocycles. The van der Waals surface area contributed by atoms with Gasteiger partial charge in [0.05, 0.1) is 11.1 Å². The molecule has 2 aromatic carbocycles. The number of aryl methyl sites for hydroxylation is 1. The average Bonchev–Trinajstić information content (AvgIpc) is 3.86. The van der Waals surface area contributed by atoms with E-state index in [2.05, 4.69) is 15.1 Å². The summed E-state index contributed by atoms with van der Waals surface area (Å²) in [5.74, 6) is 0.491. The molecule has 48 heavy (non-hydrogen) atoms. The first-order chi connectivity index (χ1) is 23.3. The van der Waals surface area contributed by atoms with Gasteiger partial charge in [-0.15, -0.1) is 0 Å². The van der Waals surface area contributed by atoms with Crippen LogP contribution in [-0.2, 0) is 6.42 Å². The van der Waals surface area contributed by atoms with E-state index in [1.54, 1.807) is 24.4 Å². The number of anilines is 1. The molecule has 4 saturated heterocycles. The van der Waals surface area contributed by atoms with Crippen molar-refractivity contribution in [2.24, 2.45) is 0 Å². The van der Waals surface area contributed by atoms with Crippen LogP contribution < -0.4 is 15.0 Å². The molecular formula is C36H36F3N7O2. The standard InChI is InChI=1S/C36H36F3N7O2/c1-2-25-28(37)7-4-20-12-24(47)13-26(30(20)25)27-14-29-31(46-11-9-40-33(27)46)34(44-17-22-5-6-23(18-44)41-22)43-35(42-29)48-19-36-8-3-10-45(36)16-21(15-36)32(38)39/h4,7,9,11-14,22-23,41,47H,2-3,5-6,8,10,15-19H2,1H3/t22-,23+,36-/m0/s1. The largest absolute Gasteiger partial charge is 0.508 e. The Bertz CT molecular complexity index is 2140. The predicted octanol–water partition coefficient (Wildman–Crippen LogP) is 6.21. The molecule has 7 heterocycles. The molecule has 12 heteroatoms. The smallest absolute Gasteiger partial charge is 0.319 e. The number of nitrogens with zero attached hydrogens (tertiary/aromatic N) is 6. The molecule has 0 spiro atoms. The molecule has 248 valence electrons. The Kier molecular flexibility index (Phi) is 6.84. The highest BCUT2D eigenvalue weighted by Crippen LogP contribution is 2.44. The van der Waals surface area contributed by atoms with E-state index in [-0.39, 0.29) is 42.7 Å². The monoisotopic (exact) mass is 655 g/mol. The minimum Gasteiger partial charge on any atom is -0.508 e. The Morgan fingerprint density at radius 3 is 2.73 bits per heavy atom. The summed E-state index contributed by atoms with van der Waals surface area (Å²) >= 11 is 0. The average molecular weight is 656 g/mol. The number of hydrogen-bond donors (Lipinski definition) is 2. The van der Waals surface area contributed by atoms with Crippen LogP contribution in [0.25, 0.3) is 38.6 Å². The summed E-state index contributed by atoms with van der Waals surface area (Å²) in [6.45, 7) is 4.70. The number of imidazole rings is 1. The number of phenolic OH excluding ortho intramolecular Hbond substituents is 1. The molecule has 0 saturated carbocycles. The lowest BCUT2D eigenvalue weighted by atomic mass is 9.93. The van der Waals surface area contributed by atoms with Crippen molar-refractivity contribution < 1.29 is 23.0 Å². The van der Waals surface area contributed by atoms with Gasteiger partial charge >= 0.3 is 6.01 Å². The van der Waals surface area contributed by atoms with Crippen molar-refractivity contribution in [2.45, 2.75) is 63.1 Å². The fourth-order valence-corrected chi connectivity index (χ4v) is 8.83. The maximum atomic E-state index is 15.2. The number of fused-ring (bicyclic) bond motifs is 7. The van der Waals surface area contributed by atoms with Crippen molar-refractivity contribution in [2.75, 3.05) is 37.7 Å². The van der Waals surface area contributed by atoms with Gasteiger partial charge < -0.3 is 20.1 Å². The van der Waals surface area contributed by atoms with Crippen LogP contribution in [0.2, 0.25) is 0 Å². The third kappa shape index (κ3) is 4.63. The first-order valence-electron chi connectivity index (χ1n) is 16.8. The lowest BCUT2D eigenvalue weighted by Crippen LogP contribution is -2.51. The quantitative estimate of drug-likeness (QED) is 0.223. The zero-order valence-corrected chi connectivity index (χ0v) is 26.6. The molecular weight excluding hydrogens is 619 g/mol. The van der Waals surface area contributed by atoms with Crippen molar-refractivity contribution in [3.63, 3.8) is 0 Å². The third-order valence-corrected chi connectivity index (χ3v) is 11.0. The van der Waals surface area contributed by atoms with Crippen LogP contribution >= 0.6 is 0 Å². The second-order valence-corrected chi connectivity index (χ2v) is 13.8. The van der Waals surface area contributed by atoms with E-state index in [0.717, 1.165) is 67.4 Å². The Balaban J connectivity index is 1.23. The fourth-order valence-electron chi connectivity index (χ4n) is 8.83. The molecule has 5 aromatic rings. The number of aromatic nitrogens is 4. The maximum Gasteiger partial charge on any atom is 0.319 e. The fraction of sp³-hybridized carbons (Fsp3) is 0.417. The van der Waals surface area contributed by atoms with Crippen LogP contribution in [0.1, 0.15) is 44.6 Å². The van der Waals surface area contributed by atoms with Crippen LogP contribution in [0.15, 0.2) is 54.4 Å². The molecule has 2 N–H and O–H groups in total. The second kappa shape index (κ2) is 11.1. The first kappa shape index (κ1) is 29.7. The minimum atomic E-state index is -1.59. The van der Waals surface area contributed by atoms with E-state index in [1.165, 1.54) is 6.07 Å². The van der Waals surface area contributed by atoms with Gasteiger partial charge in [-0.25, -0.2) is 9.37 Å². The molecule has 9 rings (SSSR count). The molecule has 4 aliphatic rings. The predicted molar refractivity (Wildman–Crippen MR) is 177 cm³/mol. The topological polar surface area (TPSA) is 91.1 Å². The Hall–Kier alpha value is -4.42. The highest BCUT2D eigenvalue weighted by Gasteiger charge is 2.48. The lowest BCUT2D eigenvalue weighted by molar-refractivity contribution is 0.108. The molecule has 3 atom stereocenters. The summed E-state index contributed by atoms with van der Waals surface area (Å²) in [7, 11) is 0. The molecule has 4 fully saturated rings. The molecule has 3 aromatic heterocycles. The lowest BCUT2D eigenvalue weighted by Gasteiger charge is -2.34. The summed E-state index contributed by atoms with van der Waals surface area (Å²) in [4.78, 5) is 19.1. The van der Waals surface area contributed by atoms with E-state index in [4.69, 9.17) is 19.7 Å². The van der Waals surface area contributed by atoms with Crippen LogP contribution in [0, 0.1) is 5.82 Å². The minimum absolute atomic E-state index is 0.0646. The number of piperazine rings is 1. The normalized spacial score (nSPS) is 24.0. The zero-order valence-electron chi connectivity index (χ0n) is 26.6. The number of rotatable bonds is 6. The van der Waals surface area contributed by atoms with Gasteiger partial charge in [-0.2, -0.15) is 18.7 Å². The highest BCUT2D eigenvalue weighted by atomic mass is 19.3. The van der Waals surface area contributed by atoms with Crippen LogP contribution in [0.4, 0.5) is 19.0 Å². The van der Waals surface area contributed by atoms with Crippen molar-refractivity contribution in [3.05, 3.63) is 65.8 Å². The molecule has 9 nitrogen and oxygen atoms in total. The summed E-state index contributed by atoms with van der Waals surface area (Å²) in [5.41, 5.74) is 3.60. The van der Waals surface area contributed by atoms with Gasteiger partial charge in [0, 0.05) is 55.2 Å². The van der Waals surface area contributed by atoms with Gasteiger partial charge in [0.15, 0.2) is 5.82 Å². The number of ether oxygens (including phenoxy) is 1. The van der Waals surface area contributed by atoms with Crippen LogP contribution in [0.3, 0.4) is 0 Å². The van der Waals surface area contributed by atoms with Gasteiger partial charge in [-0.1, -0.05) is 13.0 Å². The van der Waals surface area contributed by atoms with Crippen LogP contribution in [0.5, 0.6) is 11.8 Å². The van der Waals surface area contributed by atoms with Gasteiger partial charge in [0.25, 0.3) is 6.08 Å². The number of phenols is 1. The number of aromatic hydroxyl groups is 1. The number of benzene rings is 2. The molecule has 0 aliphatic carbocycles. The van der Waals surface area contributed by atoms with E-state index < -0.39 is 11.6 Å². The van der Waals surface area contributed by atoms with Crippen molar-refractivity contribution >= 4 is 33.3 Å². The summed E-state index contributed by atoms with van der Waals surface area (Å²) in [6.07, 6.45) is 6.65. The molecule has 0 radical (unpaired) electrons. The number of pyridine rings is 1. The second-order valence-electron chi connectivity index (χ2n) is 13.8. The zero-order chi connectivity index (χ0) is 32.7. The SMILES string of the molecule is CCc1c(F)ccc2cc(O)cc(-c3cc4nc(OC[C@@]56CCCN5CC(=C(F)F)C6)nc(N5C[C@H]6CC[C@@H](C5)N6)c4n4ccnc34)c12. The third-order valence-electron chi connectivity index (χ3n) is 11.0.